The van der Waals surface area contributed by atoms with E-state index in [4.69, 9.17) is 14.2 Å². The van der Waals surface area contributed by atoms with Gasteiger partial charge in [-0.25, -0.2) is 0 Å². The molecule has 1 aromatic carbocycles. The molecule has 0 unspecified atom stereocenters. The summed E-state index contributed by atoms with van der Waals surface area (Å²) in [5, 5.41) is 11.7. The smallest absolute Gasteiger partial charge is 0.231 e. The average Bonchev–Trinajstić information content (AvgIpc) is 3.06. The Labute approximate surface area is 157 Å². The first-order valence-electron chi connectivity index (χ1n) is 8.58. The summed E-state index contributed by atoms with van der Waals surface area (Å²) in [6.45, 7) is 1.42. The molecule has 0 spiro atoms. The number of fused-ring (bicyclic) bond motifs is 1. The lowest BCUT2D eigenvalue weighted by Crippen LogP contribution is -2.09. The number of rotatable bonds is 9. The van der Waals surface area contributed by atoms with Gasteiger partial charge >= 0.3 is 0 Å². The lowest BCUT2D eigenvalue weighted by atomic mass is 10.2. The van der Waals surface area contributed by atoms with Gasteiger partial charge in [-0.3, -0.25) is 4.68 Å². The SMILES string of the molecule is COCCCNc1nc(Nc2ccc(OC)cc2OC)nc2c1cnn2C. The number of nitrogens with zero attached hydrogens (tertiary/aromatic N) is 4. The van der Waals surface area contributed by atoms with Crippen LogP contribution in [0.1, 0.15) is 6.42 Å². The molecule has 144 valence electrons. The number of aryl methyl sites for hydroxylation is 1. The van der Waals surface area contributed by atoms with Gasteiger partial charge in [0.1, 0.15) is 17.3 Å². The summed E-state index contributed by atoms with van der Waals surface area (Å²) in [6.07, 6.45) is 2.63. The monoisotopic (exact) mass is 372 g/mol. The second kappa shape index (κ2) is 8.54. The van der Waals surface area contributed by atoms with E-state index in [-0.39, 0.29) is 0 Å². The van der Waals surface area contributed by atoms with Crippen molar-refractivity contribution in [1.29, 1.82) is 0 Å². The van der Waals surface area contributed by atoms with Crippen LogP contribution < -0.4 is 20.1 Å². The molecular formula is C18H24N6O3. The second-order valence-corrected chi connectivity index (χ2v) is 5.87. The number of anilines is 3. The molecule has 0 saturated carbocycles. The lowest BCUT2D eigenvalue weighted by molar-refractivity contribution is 0.198. The summed E-state index contributed by atoms with van der Waals surface area (Å²) < 4.78 is 17.5. The fourth-order valence-electron chi connectivity index (χ4n) is 2.66. The maximum atomic E-state index is 5.43. The van der Waals surface area contributed by atoms with E-state index in [0.29, 0.717) is 24.1 Å². The third-order valence-corrected chi connectivity index (χ3v) is 4.06. The second-order valence-electron chi connectivity index (χ2n) is 5.87. The molecule has 2 aromatic heterocycles. The predicted molar refractivity (Wildman–Crippen MR) is 104 cm³/mol. The molecule has 0 aliphatic heterocycles. The highest BCUT2D eigenvalue weighted by Crippen LogP contribution is 2.31. The summed E-state index contributed by atoms with van der Waals surface area (Å²) in [6, 6.07) is 5.51. The maximum Gasteiger partial charge on any atom is 0.231 e. The van der Waals surface area contributed by atoms with Crippen LogP contribution in [0.5, 0.6) is 11.5 Å². The topological polar surface area (TPSA) is 95.3 Å². The minimum atomic E-state index is 0.448. The van der Waals surface area contributed by atoms with Gasteiger partial charge in [-0.2, -0.15) is 15.1 Å². The number of nitrogens with one attached hydrogen (secondary N) is 2. The fraction of sp³-hybridized carbons (Fsp3) is 0.389. The van der Waals surface area contributed by atoms with Crippen molar-refractivity contribution < 1.29 is 14.2 Å². The molecule has 0 aliphatic rings. The Hall–Kier alpha value is -3.07. The van der Waals surface area contributed by atoms with E-state index in [1.165, 1.54) is 0 Å². The van der Waals surface area contributed by atoms with Gasteiger partial charge in [-0.15, -0.1) is 0 Å². The van der Waals surface area contributed by atoms with Crippen LogP contribution in [0.4, 0.5) is 17.5 Å². The normalized spacial score (nSPS) is 10.8. The summed E-state index contributed by atoms with van der Waals surface area (Å²) in [4.78, 5) is 9.19. The highest BCUT2D eigenvalue weighted by Gasteiger charge is 2.13. The van der Waals surface area contributed by atoms with E-state index < -0.39 is 0 Å². The van der Waals surface area contributed by atoms with Gasteiger partial charge in [0.05, 0.1) is 31.5 Å². The molecule has 9 heteroatoms. The number of methoxy groups -OCH3 is 3. The number of hydrogen-bond acceptors (Lipinski definition) is 8. The Morgan fingerprint density at radius 2 is 1.96 bits per heavy atom. The zero-order valence-electron chi connectivity index (χ0n) is 15.9. The molecule has 2 heterocycles. The van der Waals surface area contributed by atoms with Crippen molar-refractivity contribution in [3.63, 3.8) is 0 Å². The van der Waals surface area contributed by atoms with Gasteiger partial charge in [0.2, 0.25) is 5.95 Å². The molecule has 0 radical (unpaired) electrons. The molecule has 0 atom stereocenters. The zero-order valence-corrected chi connectivity index (χ0v) is 15.9. The van der Waals surface area contributed by atoms with Gasteiger partial charge in [-0.1, -0.05) is 0 Å². The predicted octanol–water partition coefficient (Wildman–Crippen LogP) is 2.57. The Morgan fingerprint density at radius 3 is 2.70 bits per heavy atom. The number of ether oxygens (including phenoxy) is 3. The largest absolute Gasteiger partial charge is 0.497 e. The highest BCUT2D eigenvalue weighted by atomic mass is 16.5. The Morgan fingerprint density at radius 1 is 1.11 bits per heavy atom. The number of hydrogen-bond donors (Lipinski definition) is 2. The van der Waals surface area contributed by atoms with E-state index in [1.54, 1.807) is 38.3 Å². The van der Waals surface area contributed by atoms with E-state index >= 15 is 0 Å². The quantitative estimate of drug-likeness (QED) is 0.554. The van der Waals surface area contributed by atoms with Crippen molar-refractivity contribution in [2.75, 3.05) is 45.1 Å². The molecule has 0 aliphatic carbocycles. The van der Waals surface area contributed by atoms with Crippen LogP contribution in [0.15, 0.2) is 24.4 Å². The van der Waals surface area contributed by atoms with Crippen molar-refractivity contribution in [3.8, 4) is 11.5 Å². The van der Waals surface area contributed by atoms with Crippen molar-refractivity contribution in [2.45, 2.75) is 6.42 Å². The third kappa shape index (κ3) is 4.20. The van der Waals surface area contributed by atoms with Gasteiger partial charge in [0, 0.05) is 33.4 Å². The Kier molecular flexibility index (Phi) is 5.92. The maximum absolute atomic E-state index is 5.43. The molecule has 0 fully saturated rings. The van der Waals surface area contributed by atoms with Crippen LogP contribution in [0.3, 0.4) is 0 Å². The zero-order chi connectivity index (χ0) is 19.2. The molecule has 3 rings (SSSR count). The molecule has 27 heavy (non-hydrogen) atoms. The standard InChI is InChI=1S/C18H24N6O3/c1-24-17-13(11-20-24)16(19-8-5-9-25-2)22-18(23-17)21-14-7-6-12(26-3)10-15(14)27-4/h6-7,10-11H,5,8-9H2,1-4H3,(H2,19,21,22,23). The number of aromatic nitrogens is 4. The lowest BCUT2D eigenvalue weighted by Gasteiger charge is -2.13. The Balaban J connectivity index is 1.91. The van der Waals surface area contributed by atoms with Crippen molar-refractivity contribution in [2.24, 2.45) is 7.05 Å². The van der Waals surface area contributed by atoms with Crippen LogP contribution >= 0.6 is 0 Å². The summed E-state index contributed by atoms with van der Waals surface area (Å²) in [5.41, 5.74) is 1.47. The fourth-order valence-corrected chi connectivity index (χ4v) is 2.66. The molecule has 0 amide bonds. The van der Waals surface area contributed by atoms with E-state index in [0.717, 1.165) is 35.5 Å². The van der Waals surface area contributed by atoms with Gasteiger partial charge in [-0.05, 0) is 18.6 Å². The summed E-state index contributed by atoms with van der Waals surface area (Å²) in [5.74, 6) is 2.52. The molecule has 0 saturated heterocycles. The van der Waals surface area contributed by atoms with Gasteiger partial charge < -0.3 is 24.8 Å². The van der Waals surface area contributed by atoms with Gasteiger partial charge in [0.25, 0.3) is 0 Å². The highest BCUT2D eigenvalue weighted by molar-refractivity contribution is 5.88. The molecule has 2 N–H and O–H groups in total. The van der Waals surface area contributed by atoms with Crippen LogP contribution in [0.25, 0.3) is 11.0 Å². The molecule has 3 aromatic rings. The van der Waals surface area contributed by atoms with E-state index in [1.807, 2.05) is 19.2 Å². The van der Waals surface area contributed by atoms with Crippen molar-refractivity contribution in [1.82, 2.24) is 19.7 Å². The van der Waals surface area contributed by atoms with E-state index in [9.17, 15) is 0 Å². The third-order valence-electron chi connectivity index (χ3n) is 4.06. The number of benzene rings is 1. The van der Waals surface area contributed by atoms with Crippen LogP contribution in [-0.4, -0.2) is 54.2 Å². The minimum absolute atomic E-state index is 0.448. The van der Waals surface area contributed by atoms with Gasteiger partial charge in [0.15, 0.2) is 5.65 Å². The van der Waals surface area contributed by atoms with Crippen LogP contribution in [0, 0.1) is 0 Å². The van der Waals surface area contributed by atoms with Crippen LogP contribution in [-0.2, 0) is 11.8 Å². The molecule has 0 bridgehead atoms. The van der Waals surface area contributed by atoms with Crippen molar-refractivity contribution in [3.05, 3.63) is 24.4 Å². The molecule has 9 nitrogen and oxygen atoms in total. The first-order chi connectivity index (χ1) is 13.2. The molecular weight excluding hydrogens is 348 g/mol. The summed E-state index contributed by atoms with van der Waals surface area (Å²) >= 11 is 0. The first-order valence-corrected chi connectivity index (χ1v) is 8.58. The first kappa shape index (κ1) is 18.7. The van der Waals surface area contributed by atoms with Crippen molar-refractivity contribution >= 4 is 28.5 Å². The minimum Gasteiger partial charge on any atom is -0.497 e. The Bertz CT molecular complexity index is 911. The average molecular weight is 372 g/mol. The van der Waals surface area contributed by atoms with E-state index in [2.05, 4.69) is 25.7 Å². The van der Waals surface area contributed by atoms with Crippen LogP contribution in [0.2, 0.25) is 0 Å². The summed E-state index contributed by atoms with van der Waals surface area (Å²) in [7, 11) is 6.76.